The van der Waals surface area contributed by atoms with Gasteiger partial charge in [0.1, 0.15) is 11.5 Å². The Labute approximate surface area is 123 Å². The van der Waals surface area contributed by atoms with Gasteiger partial charge in [-0.3, -0.25) is 15.1 Å². The van der Waals surface area contributed by atoms with Crippen molar-refractivity contribution in [2.24, 2.45) is 0 Å². The minimum atomic E-state index is -0.559. The number of hydrogen-bond acceptors (Lipinski definition) is 4. The molecule has 0 saturated carbocycles. The maximum atomic E-state index is 13.6. The summed E-state index contributed by atoms with van der Waals surface area (Å²) in [6, 6.07) is 5.63. The molecule has 1 aromatic carbocycles. The predicted octanol–water partition coefficient (Wildman–Crippen LogP) is 4.06. The van der Waals surface area contributed by atoms with Crippen molar-refractivity contribution in [2.45, 2.75) is 13.0 Å². The molecule has 0 radical (unpaired) electrons. The fraction of sp³-hybridized carbons (Fsp3) is 0.154. The van der Waals surface area contributed by atoms with Gasteiger partial charge in [-0.25, -0.2) is 4.39 Å². The molecule has 5 nitrogen and oxygen atoms in total. The molecule has 0 aliphatic carbocycles. The molecule has 7 heteroatoms. The van der Waals surface area contributed by atoms with E-state index in [9.17, 15) is 14.5 Å². The van der Waals surface area contributed by atoms with Gasteiger partial charge >= 0.3 is 0 Å². The van der Waals surface area contributed by atoms with E-state index in [1.54, 1.807) is 18.5 Å². The second-order valence-corrected chi connectivity index (χ2v) is 5.05. The second-order valence-electron chi connectivity index (χ2n) is 4.19. The molecule has 20 heavy (non-hydrogen) atoms. The fourth-order valence-electron chi connectivity index (χ4n) is 1.75. The van der Waals surface area contributed by atoms with Crippen molar-refractivity contribution < 1.29 is 9.31 Å². The Morgan fingerprint density at radius 3 is 2.85 bits per heavy atom. The number of hydrogen-bond donors (Lipinski definition) is 1. The molecule has 1 heterocycles. The van der Waals surface area contributed by atoms with E-state index in [0.717, 1.165) is 17.7 Å². The Morgan fingerprint density at radius 1 is 1.50 bits per heavy atom. The van der Waals surface area contributed by atoms with E-state index in [2.05, 4.69) is 26.2 Å². The number of halogens is 2. The monoisotopic (exact) mass is 339 g/mol. The van der Waals surface area contributed by atoms with Crippen LogP contribution in [0.2, 0.25) is 0 Å². The van der Waals surface area contributed by atoms with Crippen molar-refractivity contribution in [3.63, 3.8) is 0 Å². The predicted molar refractivity (Wildman–Crippen MR) is 77.0 cm³/mol. The zero-order valence-corrected chi connectivity index (χ0v) is 12.1. The molecule has 0 aliphatic heterocycles. The van der Waals surface area contributed by atoms with Crippen LogP contribution in [0.4, 0.5) is 15.8 Å². The first-order valence-corrected chi connectivity index (χ1v) is 6.58. The van der Waals surface area contributed by atoms with E-state index in [1.165, 1.54) is 0 Å². The van der Waals surface area contributed by atoms with E-state index in [4.69, 9.17) is 0 Å². The first-order chi connectivity index (χ1) is 9.49. The molecule has 1 unspecified atom stereocenters. The molecule has 0 spiro atoms. The summed E-state index contributed by atoms with van der Waals surface area (Å²) in [4.78, 5) is 14.4. The van der Waals surface area contributed by atoms with Gasteiger partial charge in [0.15, 0.2) is 0 Å². The van der Waals surface area contributed by atoms with Gasteiger partial charge in [0.2, 0.25) is 0 Å². The second kappa shape index (κ2) is 5.96. The summed E-state index contributed by atoms with van der Waals surface area (Å²) < 4.78 is 13.6. The van der Waals surface area contributed by atoms with Gasteiger partial charge in [0.05, 0.1) is 15.4 Å². The first-order valence-electron chi connectivity index (χ1n) is 5.79. The summed E-state index contributed by atoms with van der Waals surface area (Å²) >= 11 is 2.94. The molecule has 2 rings (SSSR count). The van der Waals surface area contributed by atoms with Gasteiger partial charge in [0.25, 0.3) is 5.69 Å². The zero-order valence-electron chi connectivity index (χ0n) is 10.5. The molecule has 1 atom stereocenters. The number of benzene rings is 1. The van der Waals surface area contributed by atoms with Gasteiger partial charge in [-0.2, -0.15) is 0 Å². The summed E-state index contributed by atoms with van der Waals surface area (Å²) in [6.07, 6.45) is 3.29. The largest absolute Gasteiger partial charge is 0.373 e. The Hall–Kier alpha value is -2.02. The van der Waals surface area contributed by atoms with Crippen molar-refractivity contribution in [3.8, 4) is 0 Å². The van der Waals surface area contributed by atoms with Crippen LogP contribution in [-0.2, 0) is 0 Å². The standard InChI is InChI=1S/C13H11BrFN3O2/c1-8(9-3-2-4-16-7-9)17-12-6-11(15)10(14)5-13(12)18(19)20/h2-8,17H,1H3. The highest BCUT2D eigenvalue weighted by molar-refractivity contribution is 9.10. The fourth-order valence-corrected chi connectivity index (χ4v) is 2.08. The van der Waals surface area contributed by atoms with E-state index in [1.807, 2.05) is 13.0 Å². The van der Waals surface area contributed by atoms with Crippen molar-refractivity contribution in [3.05, 3.63) is 62.6 Å². The number of anilines is 1. The van der Waals surface area contributed by atoms with E-state index < -0.39 is 10.7 Å². The Balaban J connectivity index is 2.33. The molecule has 1 aromatic heterocycles. The lowest BCUT2D eigenvalue weighted by Crippen LogP contribution is -2.09. The molecule has 0 fully saturated rings. The van der Waals surface area contributed by atoms with Crippen molar-refractivity contribution in [1.82, 2.24) is 4.98 Å². The number of nitro groups is 1. The third-order valence-corrected chi connectivity index (χ3v) is 3.40. The normalized spacial score (nSPS) is 11.9. The minimum absolute atomic E-state index is 0.0591. The molecule has 2 aromatic rings. The van der Waals surface area contributed by atoms with Crippen LogP contribution in [0.15, 0.2) is 41.1 Å². The zero-order chi connectivity index (χ0) is 14.7. The van der Waals surface area contributed by atoms with Crippen LogP contribution in [0.25, 0.3) is 0 Å². The van der Waals surface area contributed by atoms with E-state index in [-0.39, 0.29) is 21.9 Å². The summed E-state index contributed by atoms with van der Waals surface area (Å²) in [7, 11) is 0. The summed E-state index contributed by atoms with van der Waals surface area (Å²) in [6.45, 7) is 1.82. The SMILES string of the molecule is CC(Nc1cc(F)c(Br)cc1[N+](=O)[O-])c1cccnc1. The Morgan fingerprint density at radius 2 is 2.25 bits per heavy atom. The molecule has 0 bridgehead atoms. The quantitative estimate of drug-likeness (QED) is 0.673. The lowest BCUT2D eigenvalue weighted by atomic mass is 10.1. The average molecular weight is 340 g/mol. The molecular weight excluding hydrogens is 329 g/mol. The first kappa shape index (κ1) is 14.4. The number of nitro benzene ring substituents is 1. The number of pyridine rings is 1. The summed E-state index contributed by atoms with van der Waals surface area (Å²) in [5.41, 5.74) is 0.797. The highest BCUT2D eigenvalue weighted by atomic mass is 79.9. The number of rotatable bonds is 4. The minimum Gasteiger partial charge on any atom is -0.373 e. The van der Waals surface area contributed by atoms with Crippen LogP contribution in [-0.4, -0.2) is 9.91 Å². The lowest BCUT2D eigenvalue weighted by Gasteiger charge is -2.15. The number of nitrogens with one attached hydrogen (secondary N) is 1. The van der Waals surface area contributed by atoms with E-state index >= 15 is 0 Å². The van der Waals surface area contributed by atoms with Crippen LogP contribution in [0, 0.1) is 15.9 Å². The van der Waals surface area contributed by atoms with Crippen LogP contribution < -0.4 is 5.32 Å². The number of aromatic nitrogens is 1. The molecule has 0 aliphatic rings. The topological polar surface area (TPSA) is 68.1 Å². The van der Waals surface area contributed by atoms with Gasteiger partial charge in [0, 0.05) is 24.5 Å². The van der Waals surface area contributed by atoms with Crippen LogP contribution in [0.1, 0.15) is 18.5 Å². The third-order valence-electron chi connectivity index (χ3n) is 2.79. The Kier molecular flexibility index (Phi) is 4.29. The molecule has 104 valence electrons. The molecule has 0 saturated heterocycles. The van der Waals surface area contributed by atoms with Crippen molar-refractivity contribution >= 4 is 27.3 Å². The van der Waals surface area contributed by atoms with Crippen molar-refractivity contribution in [2.75, 3.05) is 5.32 Å². The van der Waals surface area contributed by atoms with E-state index in [0.29, 0.717) is 0 Å². The van der Waals surface area contributed by atoms with Gasteiger partial charge in [-0.1, -0.05) is 6.07 Å². The van der Waals surface area contributed by atoms with Gasteiger partial charge in [-0.15, -0.1) is 0 Å². The van der Waals surface area contributed by atoms with Gasteiger partial charge < -0.3 is 5.32 Å². The highest BCUT2D eigenvalue weighted by Crippen LogP contribution is 2.32. The molecular formula is C13H11BrFN3O2. The summed E-state index contributed by atoms with van der Waals surface area (Å²) in [5.74, 6) is -0.559. The van der Waals surface area contributed by atoms with Gasteiger partial charge in [-0.05, 0) is 34.5 Å². The van der Waals surface area contributed by atoms with Crippen LogP contribution in [0.5, 0.6) is 0 Å². The molecule has 0 amide bonds. The average Bonchev–Trinajstić information content (AvgIpc) is 2.43. The highest BCUT2D eigenvalue weighted by Gasteiger charge is 2.19. The smallest absolute Gasteiger partial charge is 0.293 e. The lowest BCUT2D eigenvalue weighted by molar-refractivity contribution is -0.384. The summed E-state index contributed by atoms with van der Waals surface area (Å²) in [5, 5.41) is 13.9. The Bertz CT molecular complexity index is 637. The third kappa shape index (κ3) is 3.11. The van der Waals surface area contributed by atoms with Crippen LogP contribution in [0.3, 0.4) is 0 Å². The number of nitrogens with zero attached hydrogens (tertiary/aromatic N) is 2. The van der Waals surface area contributed by atoms with Crippen molar-refractivity contribution in [1.29, 1.82) is 0 Å². The maximum Gasteiger partial charge on any atom is 0.293 e. The van der Waals surface area contributed by atoms with Crippen LogP contribution >= 0.6 is 15.9 Å². The maximum absolute atomic E-state index is 13.6. The molecule has 1 N–H and O–H groups in total.